The lowest BCUT2D eigenvalue weighted by Crippen LogP contribution is -2.70. The fraction of sp³-hybridized carbons (Fsp3) is 0.917. The lowest BCUT2D eigenvalue weighted by molar-refractivity contribution is -0.376. The van der Waals surface area contributed by atoms with Gasteiger partial charge in [0.05, 0.1) is 32.5 Å². The predicted molar refractivity (Wildman–Crippen MR) is 200 cm³/mol. The summed E-state index contributed by atoms with van der Waals surface area (Å²) in [6, 6.07) is -4.75. The van der Waals surface area contributed by atoms with Gasteiger partial charge in [0, 0.05) is 20.8 Å². The molecule has 25 atom stereocenters. The van der Waals surface area contributed by atoms with Crippen molar-refractivity contribution in [1.29, 1.82) is 0 Å². The number of amides is 3. The van der Waals surface area contributed by atoms with Crippen LogP contribution in [-0.4, -0.2) is 264 Å². The summed E-state index contributed by atoms with van der Waals surface area (Å²) in [5, 5.41) is 145. The number of ether oxygens (including phenoxy) is 9. The van der Waals surface area contributed by atoms with E-state index < -0.39 is 197 Å². The molecule has 28 heteroatoms. The molecule has 5 fully saturated rings. The summed E-state index contributed by atoms with van der Waals surface area (Å²) in [7, 11) is 0. The van der Waals surface area contributed by atoms with Crippen LogP contribution in [0.1, 0.15) is 27.7 Å². The van der Waals surface area contributed by atoms with Gasteiger partial charge in [0.2, 0.25) is 17.7 Å². The topological polar surface area (TPSA) is 433 Å². The van der Waals surface area contributed by atoms with Gasteiger partial charge in [-0.3, -0.25) is 14.4 Å². The van der Waals surface area contributed by atoms with Crippen molar-refractivity contribution in [3.8, 4) is 0 Å². The molecule has 0 aromatic rings. The highest BCUT2D eigenvalue weighted by molar-refractivity contribution is 5.74. The summed E-state index contributed by atoms with van der Waals surface area (Å²) in [4.78, 5) is 37.1. The van der Waals surface area contributed by atoms with Crippen molar-refractivity contribution in [1.82, 2.24) is 16.0 Å². The first-order chi connectivity index (χ1) is 30.1. The molecule has 64 heavy (non-hydrogen) atoms. The molecule has 0 aromatic heterocycles. The zero-order valence-corrected chi connectivity index (χ0v) is 35.0. The molecule has 370 valence electrons. The normalized spacial score (nSPS) is 47.7. The van der Waals surface area contributed by atoms with Gasteiger partial charge in [-0.05, 0) is 6.92 Å². The number of hydrogen-bond donors (Lipinski definition) is 16. The smallest absolute Gasteiger partial charge is 0.217 e. The Labute approximate surface area is 364 Å². The minimum absolute atomic E-state index is 0.716. The van der Waals surface area contributed by atoms with Crippen molar-refractivity contribution in [2.45, 2.75) is 181 Å². The van der Waals surface area contributed by atoms with Crippen LogP contribution in [0.3, 0.4) is 0 Å². The second-order valence-electron chi connectivity index (χ2n) is 16.2. The number of hydrogen-bond acceptors (Lipinski definition) is 25. The van der Waals surface area contributed by atoms with Gasteiger partial charge in [-0.15, -0.1) is 0 Å². The summed E-state index contributed by atoms with van der Waals surface area (Å²) >= 11 is 0. The van der Waals surface area contributed by atoms with Gasteiger partial charge in [0.1, 0.15) is 116 Å². The van der Waals surface area contributed by atoms with E-state index in [1.165, 1.54) is 6.92 Å². The van der Waals surface area contributed by atoms with E-state index >= 15 is 0 Å². The van der Waals surface area contributed by atoms with Crippen LogP contribution in [0.25, 0.3) is 0 Å². The predicted octanol–water partition coefficient (Wildman–Crippen LogP) is -10.5. The molecular formula is C36H61N3O25. The maximum atomic E-state index is 12.8. The SMILES string of the molecule is CC(=O)N[C@H]1[C@H](O[C@H]2[C@@H](O)[C@@H](CO[C@@H]3O[C@H](CO)[C@@H](O[C@@H]4O[C@H](CO)[C@H](O)[C@H](O)[C@H]4O)[C@H](O[C@@H]4O[C@@H](C)[C@@H](O)[C@@H](O)[C@@H]4O)[C@H]3NC(C)=O)OC(O)[C@@H]2NC(C)=O)O[C@H](CO)[C@@H](O)[C@@H]1O. The molecule has 0 bridgehead atoms. The summed E-state index contributed by atoms with van der Waals surface area (Å²) < 4.78 is 52.5. The lowest BCUT2D eigenvalue weighted by atomic mass is 9.94. The molecule has 5 aliphatic heterocycles. The highest BCUT2D eigenvalue weighted by atomic mass is 16.8. The molecular weight excluding hydrogens is 874 g/mol. The number of carbonyl (C=O) groups excluding carboxylic acids is 3. The molecule has 16 N–H and O–H groups in total. The van der Waals surface area contributed by atoms with Crippen molar-refractivity contribution in [2.24, 2.45) is 0 Å². The number of aliphatic hydroxyl groups excluding tert-OH is 13. The molecule has 5 aliphatic rings. The molecule has 0 aliphatic carbocycles. The second-order valence-corrected chi connectivity index (χ2v) is 16.2. The fourth-order valence-corrected chi connectivity index (χ4v) is 8.08. The van der Waals surface area contributed by atoms with E-state index in [9.17, 15) is 80.8 Å². The Hall–Kier alpha value is -2.47. The van der Waals surface area contributed by atoms with E-state index in [2.05, 4.69) is 16.0 Å². The van der Waals surface area contributed by atoms with E-state index in [0.717, 1.165) is 20.8 Å². The summed E-state index contributed by atoms with van der Waals surface area (Å²) in [5.74, 6) is -2.25. The van der Waals surface area contributed by atoms with Crippen LogP contribution in [0.4, 0.5) is 0 Å². The zero-order chi connectivity index (χ0) is 47.5. The summed E-state index contributed by atoms with van der Waals surface area (Å²) in [6.07, 6.45) is -38.5. The van der Waals surface area contributed by atoms with Crippen LogP contribution < -0.4 is 16.0 Å². The van der Waals surface area contributed by atoms with Gasteiger partial charge in [0.25, 0.3) is 0 Å². The van der Waals surface area contributed by atoms with Crippen molar-refractivity contribution < 1.29 is 123 Å². The summed E-state index contributed by atoms with van der Waals surface area (Å²) in [6.45, 7) is 1.06. The van der Waals surface area contributed by atoms with E-state index in [1.54, 1.807) is 0 Å². The van der Waals surface area contributed by atoms with Crippen LogP contribution in [0.2, 0.25) is 0 Å². The van der Waals surface area contributed by atoms with Crippen LogP contribution >= 0.6 is 0 Å². The first kappa shape index (κ1) is 52.5. The zero-order valence-electron chi connectivity index (χ0n) is 35.0. The van der Waals surface area contributed by atoms with Gasteiger partial charge >= 0.3 is 0 Å². The average Bonchev–Trinajstić information content (AvgIpc) is 3.24. The largest absolute Gasteiger partial charge is 0.394 e. The third-order valence-electron chi connectivity index (χ3n) is 11.5. The standard InChI is InChI=1S/C36H61N3O25/c1-9-20(46)25(51)27(53)35(57-9)64-31-19(39-12(4)45)33(61-15(7-42)29(31)62-36-28(54)26(52)22(48)14(6-41)60-36)56-8-16-23(49)30(18(32(55)58-16)38-11(3)44)63-34-17(37-10(2)43)24(50)21(47)13(5-40)59-34/h9,13-36,40-42,46-55H,5-8H2,1-4H3,(H,37,43)(H,38,44)(H,39,45)/t9-,13+,14+,15+,16+,17+,18+,19+,20+,21+,22-,23-,24+,25+,26-,27-,28+,29+,30+,31+,32?,33+,34-,35-,36-/m0/s1. The van der Waals surface area contributed by atoms with Crippen molar-refractivity contribution in [3.05, 3.63) is 0 Å². The van der Waals surface area contributed by atoms with Gasteiger partial charge in [0.15, 0.2) is 31.5 Å². The Morgan fingerprint density at radius 3 is 1.45 bits per heavy atom. The van der Waals surface area contributed by atoms with Gasteiger partial charge in [-0.25, -0.2) is 0 Å². The van der Waals surface area contributed by atoms with Crippen LogP contribution in [0.15, 0.2) is 0 Å². The van der Waals surface area contributed by atoms with Gasteiger partial charge in [-0.2, -0.15) is 0 Å². The minimum Gasteiger partial charge on any atom is -0.394 e. The highest BCUT2D eigenvalue weighted by Gasteiger charge is 2.56. The second kappa shape index (κ2) is 22.6. The molecule has 5 rings (SSSR count). The Morgan fingerprint density at radius 1 is 0.438 bits per heavy atom. The number of carbonyl (C=O) groups is 3. The van der Waals surface area contributed by atoms with Crippen molar-refractivity contribution in [3.63, 3.8) is 0 Å². The van der Waals surface area contributed by atoms with Gasteiger partial charge in [-0.1, -0.05) is 0 Å². The Balaban J connectivity index is 1.46. The van der Waals surface area contributed by atoms with Crippen molar-refractivity contribution >= 4 is 17.7 Å². The molecule has 5 heterocycles. The third kappa shape index (κ3) is 11.6. The Bertz CT molecular complexity index is 1540. The first-order valence-electron chi connectivity index (χ1n) is 20.4. The highest BCUT2D eigenvalue weighted by Crippen LogP contribution is 2.35. The first-order valence-corrected chi connectivity index (χ1v) is 20.4. The summed E-state index contributed by atoms with van der Waals surface area (Å²) in [5.41, 5.74) is 0. The third-order valence-corrected chi connectivity index (χ3v) is 11.5. The van der Waals surface area contributed by atoms with Crippen LogP contribution in [0.5, 0.6) is 0 Å². The number of rotatable bonds is 15. The minimum atomic E-state index is -2.01. The monoisotopic (exact) mass is 935 g/mol. The van der Waals surface area contributed by atoms with E-state index in [4.69, 9.17) is 42.6 Å². The van der Waals surface area contributed by atoms with E-state index in [0.29, 0.717) is 0 Å². The lowest BCUT2D eigenvalue weighted by Gasteiger charge is -2.50. The maximum Gasteiger partial charge on any atom is 0.217 e. The molecule has 1 unspecified atom stereocenters. The van der Waals surface area contributed by atoms with Crippen LogP contribution in [0, 0.1) is 0 Å². The molecule has 0 saturated carbocycles. The van der Waals surface area contributed by atoms with Crippen LogP contribution in [-0.2, 0) is 57.0 Å². The molecule has 0 spiro atoms. The number of nitrogens with one attached hydrogen (secondary N) is 3. The van der Waals surface area contributed by atoms with Crippen molar-refractivity contribution in [2.75, 3.05) is 26.4 Å². The van der Waals surface area contributed by atoms with E-state index in [1.807, 2.05) is 0 Å². The van der Waals surface area contributed by atoms with Gasteiger partial charge < -0.3 is 125 Å². The molecule has 5 saturated heterocycles. The maximum absolute atomic E-state index is 12.8. The number of aliphatic hydroxyl groups is 13. The van der Waals surface area contributed by atoms with E-state index in [-0.39, 0.29) is 0 Å². The molecule has 3 amide bonds. The molecule has 0 aromatic carbocycles. The average molecular weight is 936 g/mol. The fourth-order valence-electron chi connectivity index (χ4n) is 8.08. The Morgan fingerprint density at radius 2 is 0.891 bits per heavy atom. The Kier molecular flexibility index (Phi) is 18.5. The molecule has 0 radical (unpaired) electrons. The quantitative estimate of drug-likeness (QED) is 0.0725. The molecule has 28 nitrogen and oxygen atoms in total.